The number of ketones is 1. The number of hydrogen-bond acceptors (Lipinski definition) is 3. The van der Waals surface area contributed by atoms with Gasteiger partial charge in [-0.15, -0.1) is 0 Å². The average Bonchev–Trinajstić information content (AvgIpc) is 2.47. The van der Waals surface area contributed by atoms with Gasteiger partial charge in [0.25, 0.3) is 11.3 Å². The zero-order valence-corrected chi connectivity index (χ0v) is 12.5. The maximum atomic E-state index is 12.8. The Morgan fingerprint density at radius 1 is 1.27 bits per heavy atom. The molecule has 0 radical (unpaired) electrons. The van der Waals surface area contributed by atoms with Crippen LogP contribution < -0.4 is 9.46 Å². The topological polar surface area (TPSA) is 75.6 Å². The minimum Gasteiger partial charge on any atom is -0.489 e. The van der Waals surface area contributed by atoms with E-state index in [0.29, 0.717) is 22.6 Å². The molecule has 22 heavy (non-hydrogen) atoms. The van der Waals surface area contributed by atoms with Crippen molar-refractivity contribution >= 4 is 22.7 Å². The van der Waals surface area contributed by atoms with Crippen LogP contribution in [0.3, 0.4) is 0 Å². The normalized spacial score (nSPS) is 11.8. The average molecular weight is 323 g/mol. The fraction of sp³-hybridized carbons (Fsp3) is 0.133. The van der Waals surface area contributed by atoms with Crippen LogP contribution >= 0.6 is 0 Å². The number of halogens is 1. The zero-order chi connectivity index (χ0) is 16.1. The van der Waals surface area contributed by atoms with Crippen LogP contribution in [-0.2, 0) is 17.9 Å². The first-order valence-electron chi connectivity index (χ1n) is 6.35. The number of carbonyl (C=O) groups excluding carboxylic acids is 1. The molecule has 0 amide bonds. The van der Waals surface area contributed by atoms with E-state index in [2.05, 4.69) is 4.72 Å². The zero-order valence-electron chi connectivity index (χ0n) is 11.7. The number of rotatable bonds is 6. The summed E-state index contributed by atoms with van der Waals surface area (Å²) >= 11 is -2.24. The Morgan fingerprint density at radius 2 is 1.95 bits per heavy atom. The van der Waals surface area contributed by atoms with Crippen LogP contribution in [0.1, 0.15) is 22.8 Å². The van der Waals surface area contributed by atoms with E-state index in [9.17, 15) is 13.4 Å². The van der Waals surface area contributed by atoms with Crippen molar-refractivity contribution in [3.63, 3.8) is 0 Å². The Hall–Kier alpha value is -2.25. The summed E-state index contributed by atoms with van der Waals surface area (Å²) in [4.78, 5) is 11.4. The molecule has 0 aliphatic heterocycles. The summed E-state index contributed by atoms with van der Waals surface area (Å²) in [6.45, 7) is 1.49. The highest BCUT2D eigenvalue weighted by atomic mass is 32.2. The van der Waals surface area contributed by atoms with Crippen LogP contribution in [0, 0.1) is 5.82 Å². The molecule has 0 aliphatic carbocycles. The van der Waals surface area contributed by atoms with Crippen molar-refractivity contribution < 1.29 is 22.7 Å². The van der Waals surface area contributed by atoms with E-state index in [-0.39, 0.29) is 18.2 Å². The molecule has 0 saturated heterocycles. The van der Waals surface area contributed by atoms with E-state index in [1.54, 1.807) is 12.1 Å². The van der Waals surface area contributed by atoms with Gasteiger partial charge in [0.05, 0.1) is 5.69 Å². The van der Waals surface area contributed by atoms with Crippen molar-refractivity contribution in [1.29, 1.82) is 0 Å². The van der Waals surface area contributed by atoms with E-state index in [4.69, 9.17) is 9.29 Å². The summed E-state index contributed by atoms with van der Waals surface area (Å²) < 4.78 is 40.5. The van der Waals surface area contributed by atoms with Crippen LogP contribution in [0.15, 0.2) is 42.5 Å². The standard InChI is InChI=1S/C15H14FNO4S/c1-10(18)11-2-7-15(17-22(19)20)12(8-11)9-21-14-5-3-13(16)4-6-14/h2-8,17H,9H2,1H3,(H,19,20). The Morgan fingerprint density at radius 3 is 2.55 bits per heavy atom. The fourth-order valence-corrected chi connectivity index (χ4v) is 2.20. The summed E-state index contributed by atoms with van der Waals surface area (Å²) in [5.41, 5.74) is 1.39. The van der Waals surface area contributed by atoms with Crippen molar-refractivity contribution in [3.05, 3.63) is 59.4 Å². The number of anilines is 1. The summed E-state index contributed by atoms with van der Waals surface area (Å²) in [5, 5.41) is 0. The lowest BCUT2D eigenvalue weighted by Gasteiger charge is -2.12. The predicted octanol–water partition coefficient (Wildman–Crippen LogP) is 3.16. The van der Waals surface area contributed by atoms with Gasteiger partial charge in [-0.3, -0.25) is 14.1 Å². The number of nitrogens with one attached hydrogen (secondary N) is 1. The number of Topliss-reactive ketones (excluding diaryl/α,β-unsaturated/α-hetero) is 1. The van der Waals surface area contributed by atoms with Gasteiger partial charge in [-0.1, -0.05) is 0 Å². The molecular formula is C15H14FNO4S. The summed E-state index contributed by atoms with van der Waals surface area (Å²) in [7, 11) is 0. The Kier molecular flexibility index (Phi) is 5.24. The lowest BCUT2D eigenvalue weighted by Crippen LogP contribution is -2.08. The number of benzene rings is 2. The molecule has 0 fully saturated rings. The molecular weight excluding hydrogens is 309 g/mol. The third-order valence-corrected chi connectivity index (χ3v) is 3.31. The molecule has 2 N–H and O–H groups in total. The predicted molar refractivity (Wildman–Crippen MR) is 81.6 cm³/mol. The smallest absolute Gasteiger partial charge is 0.259 e. The molecule has 0 heterocycles. The molecule has 1 atom stereocenters. The lowest BCUT2D eigenvalue weighted by atomic mass is 10.1. The molecule has 0 spiro atoms. The van der Waals surface area contributed by atoms with Gasteiger partial charge in [0.1, 0.15) is 18.2 Å². The number of carbonyl (C=O) groups is 1. The first kappa shape index (κ1) is 16.1. The second-order valence-electron chi connectivity index (χ2n) is 4.52. The van der Waals surface area contributed by atoms with Gasteiger partial charge < -0.3 is 4.74 Å². The van der Waals surface area contributed by atoms with Crippen molar-refractivity contribution in [2.45, 2.75) is 13.5 Å². The van der Waals surface area contributed by atoms with Crippen molar-refractivity contribution in [2.24, 2.45) is 0 Å². The van der Waals surface area contributed by atoms with E-state index >= 15 is 0 Å². The van der Waals surface area contributed by atoms with Crippen LogP contribution in [0.4, 0.5) is 10.1 Å². The molecule has 2 aromatic carbocycles. The van der Waals surface area contributed by atoms with Crippen molar-refractivity contribution in [2.75, 3.05) is 4.72 Å². The van der Waals surface area contributed by atoms with E-state index in [1.165, 1.54) is 37.3 Å². The van der Waals surface area contributed by atoms with E-state index < -0.39 is 11.3 Å². The summed E-state index contributed by atoms with van der Waals surface area (Å²) in [5.74, 6) is -0.0469. The molecule has 5 nitrogen and oxygen atoms in total. The quantitative estimate of drug-likeness (QED) is 0.632. The fourth-order valence-electron chi connectivity index (χ4n) is 1.82. The third kappa shape index (κ3) is 4.37. The van der Waals surface area contributed by atoms with E-state index in [1.807, 2.05) is 0 Å². The maximum Gasteiger partial charge on any atom is 0.259 e. The molecule has 0 aliphatic rings. The van der Waals surface area contributed by atoms with Gasteiger partial charge in [0.2, 0.25) is 0 Å². The third-order valence-electron chi connectivity index (χ3n) is 2.92. The Labute approximate surface area is 129 Å². The van der Waals surface area contributed by atoms with Gasteiger partial charge in [0.15, 0.2) is 5.78 Å². The van der Waals surface area contributed by atoms with Gasteiger partial charge in [-0.05, 0) is 49.4 Å². The number of hydrogen-bond donors (Lipinski definition) is 2. The Balaban J connectivity index is 2.22. The molecule has 2 rings (SSSR count). The first-order chi connectivity index (χ1) is 10.5. The number of ether oxygens (including phenoxy) is 1. The van der Waals surface area contributed by atoms with Crippen molar-refractivity contribution in [1.82, 2.24) is 0 Å². The minimum absolute atomic E-state index is 0.0618. The largest absolute Gasteiger partial charge is 0.489 e. The molecule has 0 aromatic heterocycles. The lowest BCUT2D eigenvalue weighted by molar-refractivity contribution is 0.101. The molecule has 7 heteroatoms. The second-order valence-corrected chi connectivity index (χ2v) is 5.22. The van der Waals surface area contributed by atoms with Gasteiger partial charge in [-0.25, -0.2) is 8.60 Å². The summed E-state index contributed by atoms with van der Waals surface area (Å²) in [6.07, 6.45) is 0. The van der Waals surface area contributed by atoms with Gasteiger partial charge in [-0.2, -0.15) is 0 Å². The second kappa shape index (κ2) is 7.15. The van der Waals surface area contributed by atoms with Crippen LogP contribution in [0.2, 0.25) is 0 Å². The molecule has 1 unspecified atom stereocenters. The highest BCUT2D eigenvalue weighted by Gasteiger charge is 2.09. The summed E-state index contributed by atoms with van der Waals surface area (Å²) in [6, 6.07) is 10.2. The highest BCUT2D eigenvalue weighted by molar-refractivity contribution is 7.80. The SMILES string of the molecule is CC(=O)c1ccc(NS(=O)O)c(COc2ccc(F)cc2)c1. The van der Waals surface area contributed by atoms with Crippen molar-refractivity contribution in [3.8, 4) is 5.75 Å². The van der Waals surface area contributed by atoms with Crippen LogP contribution in [-0.4, -0.2) is 14.5 Å². The maximum absolute atomic E-state index is 12.8. The molecule has 0 saturated carbocycles. The van der Waals surface area contributed by atoms with Crippen LogP contribution in [0.25, 0.3) is 0 Å². The van der Waals surface area contributed by atoms with Gasteiger partial charge >= 0.3 is 0 Å². The molecule has 116 valence electrons. The Bertz CT molecular complexity index is 703. The van der Waals surface area contributed by atoms with Gasteiger partial charge in [0, 0.05) is 11.1 Å². The molecule has 0 bridgehead atoms. The highest BCUT2D eigenvalue weighted by Crippen LogP contribution is 2.21. The molecule has 2 aromatic rings. The minimum atomic E-state index is -2.24. The first-order valence-corrected chi connectivity index (χ1v) is 7.46. The van der Waals surface area contributed by atoms with Crippen LogP contribution in [0.5, 0.6) is 5.75 Å². The monoisotopic (exact) mass is 323 g/mol. The van der Waals surface area contributed by atoms with E-state index in [0.717, 1.165) is 0 Å².